The Balaban J connectivity index is 1.32. The lowest BCUT2D eigenvalue weighted by molar-refractivity contribution is 0.0175. The molecule has 0 aliphatic carbocycles. The van der Waals surface area contributed by atoms with Gasteiger partial charge in [-0.1, -0.05) is 43.0 Å². The lowest BCUT2D eigenvalue weighted by Gasteiger charge is -2.37. The number of amides is 1. The summed E-state index contributed by atoms with van der Waals surface area (Å²) in [4.78, 5) is 18.8. The molecule has 214 valence electrons. The topological polar surface area (TPSA) is 39.3 Å². The maximum atomic E-state index is 15.3. The molecule has 1 amide bonds. The standard InChI is InChI=1S/C32H30F5N3O/c1-19-7-4-5-10-29(19)40(31(34)35)20(2)21-11-13-39(14-12-21)30(41)25-17-28-24(16-27(25)33)26(18-38-28)22-8-6-9-23(15-22)32(3,36)37/h4-10,15-18,21,31,38H,2,11-14H2,1,3H3. The third-order valence-corrected chi connectivity index (χ3v) is 7.81. The number of para-hydroxylation sites is 1. The van der Waals surface area contributed by atoms with Crippen molar-refractivity contribution < 1.29 is 26.7 Å². The number of hydrogen-bond donors (Lipinski definition) is 1. The van der Waals surface area contributed by atoms with Gasteiger partial charge in [-0.25, -0.2) is 13.2 Å². The fourth-order valence-corrected chi connectivity index (χ4v) is 5.51. The van der Waals surface area contributed by atoms with E-state index < -0.39 is 24.2 Å². The molecule has 9 heteroatoms. The molecule has 1 N–H and O–H groups in total. The molecule has 0 spiro atoms. The Morgan fingerprint density at radius 2 is 1.78 bits per heavy atom. The predicted molar refractivity (Wildman–Crippen MR) is 151 cm³/mol. The Bertz CT molecular complexity index is 1600. The Labute approximate surface area is 235 Å². The first kappa shape index (κ1) is 28.4. The van der Waals surface area contributed by atoms with Gasteiger partial charge in [0.15, 0.2) is 0 Å². The third kappa shape index (κ3) is 5.58. The molecule has 5 rings (SSSR count). The maximum absolute atomic E-state index is 15.3. The van der Waals surface area contributed by atoms with Crippen molar-refractivity contribution in [2.24, 2.45) is 5.92 Å². The Kier molecular flexibility index (Phi) is 7.64. The van der Waals surface area contributed by atoms with Gasteiger partial charge in [0.25, 0.3) is 11.8 Å². The molecule has 0 atom stereocenters. The van der Waals surface area contributed by atoms with Gasteiger partial charge in [0.1, 0.15) is 5.82 Å². The number of hydrogen-bond acceptors (Lipinski definition) is 2. The van der Waals surface area contributed by atoms with E-state index in [0.717, 1.165) is 11.8 Å². The molecule has 41 heavy (non-hydrogen) atoms. The molecule has 1 aliphatic rings. The van der Waals surface area contributed by atoms with Crippen molar-refractivity contribution in [2.75, 3.05) is 18.0 Å². The van der Waals surface area contributed by atoms with Crippen molar-refractivity contribution in [2.45, 2.75) is 39.2 Å². The number of benzene rings is 3. The van der Waals surface area contributed by atoms with Gasteiger partial charge in [0.05, 0.1) is 5.56 Å². The molecule has 4 nitrogen and oxygen atoms in total. The first-order chi connectivity index (χ1) is 19.5. The molecular formula is C32H30F5N3O. The predicted octanol–water partition coefficient (Wildman–Crippen LogP) is 8.49. The zero-order valence-electron chi connectivity index (χ0n) is 22.7. The van der Waals surface area contributed by atoms with E-state index in [2.05, 4.69) is 11.6 Å². The summed E-state index contributed by atoms with van der Waals surface area (Å²) in [7, 11) is 0. The maximum Gasteiger partial charge on any atom is 0.319 e. The van der Waals surface area contributed by atoms with E-state index in [9.17, 15) is 22.4 Å². The van der Waals surface area contributed by atoms with Crippen LogP contribution in [-0.2, 0) is 5.92 Å². The van der Waals surface area contributed by atoms with Crippen molar-refractivity contribution in [3.63, 3.8) is 0 Å². The first-order valence-electron chi connectivity index (χ1n) is 13.4. The van der Waals surface area contributed by atoms with Crippen LogP contribution in [0, 0.1) is 18.7 Å². The quantitative estimate of drug-likeness (QED) is 0.180. The number of aryl methyl sites for hydroxylation is 1. The summed E-state index contributed by atoms with van der Waals surface area (Å²) in [6.07, 6.45) is 2.43. The highest BCUT2D eigenvalue weighted by molar-refractivity contribution is 6.02. The number of nitrogens with one attached hydrogen (secondary N) is 1. The average Bonchev–Trinajstić information content (AvgIpc) is 3.35. The Morgan fingerprint density at radius 3 is 2.44 bits per heavy atom. The van der Waals surface area contributed by atoms with Crippen LogP contribution < -0.4 is 4.90 Å². The van der Waals surface area contributed by atoms with Crippen LogP contribution in [0.3, 0.4) is 0 Å². The van der Waals surface area contributed by atoms with Gasteiger partial charge >= 0.3 is 6.55 Å². The van der Waals surface area contributed by atoms with E-state index >= 15 is 4.39 Å². The summed E-state index contributed by atoms with van der Waals surface area (Å²) < 4.78 is 71.2. The van der Waals surface area contributed by atoms with Crippen molar-refractivity contribution in [1.29, 1.82) is 0 Å². The molecule has 1 aliphatic heterocycles. The number of nitrogens with zero attached hydrogens (tertiary/aromatic N) is 2. The van der Waals surface area contributed by atoms with Gasteiger partial charge in [-0.05, 0) is 55.2 Å². The van der Waals surface area contributed by atoms with Crippen LogP contribution in [0.15, 0.2) is 79.1 Å². The van der Waals surface area contributed by atoms with E-state index in [0.29, 0.717) is 46.1 Å². The zero-order chi connectivity index (χ0) is 29.5. The monoisotopic (exact) mass is 567 g/mol. The van der Waals surface area contributed by atoms with Crippen molar-refractivity contribution >= 4 is 22.5 Å². The second kappa shape index (κ2) is 11.0. The first-order valence-corrected chi connectivity index (χ1v) is 13.4. The molecule has 1 saturated heterocycles. The number of carbonyl (C=O) groups is 1. The van der Waals surface area contributed by atoms with Crippen LogP contribution in [0.5, 0.6) is 0 Å². The SMILES string of the molecule is C=C(C1CCN(C(=O)c2cc3[nH]cc(-c4cccc(C(C)(F)F)c4)c3cc2F)CC1)N(c1ccccc1C)C(F)F. The number of alkyl halides is 4. The van der Waals surface area contributed by atoms with Gasteiger partial charge < -0.3 is 9.88 Å². The number of halogens is 5. The van der Waals surface area contributed by atoms with Gasteiger partial charge in [0.2, 0.25) is 0 Å². The number of fused-ring (bicyclic) bond motifs is 1. The summed E-state index contributed by atoms with van der Waals surface area (Å²) in [5, 5.41) is 0.467. The number of aromatic nitrogens is 1. The number of likely N-dealkylation sites (tertiary alicyclic amines) is 1. The van der Waals surface area contributed by atoms with E-state index in [-0.39, 0.29) is 35.8 Å². The molecule has 1 fully saturated rings. The minimum absolute atomic E-state index is 0.119. The van der Waals surface area contributed by atoms with Gasteiger partial charge in [0, 0.05) is 65.5 Å². The molecular weight excluding hydrogens is 537 g/mol. The van der Waals surface area contributed by atoms with Crippen molar-refractivity contribution in [3.8, 4) is 11.1 Å². The second-order valence-corrected chi connectivity index (χ2v) is 10.5. The number of carbonyl (C=O) groups excluding carboxylic acids is 1. The molecule has 4 aromatic rings. The van der Waals surface area contributed by atoms with Crippen LogP contribution in [0.1, 0.15) is 41.3 Å². The highest BCUT2D eigenvalue weighted by atomic mass is 19.3. The fraction of sp³-hybridized carbons (Fsp3) is 0.281. The van der Waals surface area contributed by atoms with E-state index in [4.69, 9.17) is 0 Å². The molecule has 0 saturated carbocycles. The highest BCUT2D eigenvalue weighted by Crippen LogP contribution is 2.36. The number of piperidine rings is 1. The van der Waals surface area contributed by atoms with E-state index in [1.807, 2.05) is 0 Å². The number of rotatable bonds is 7. The van der Waals surface area contributed by atoms with Gasteiger partial charge in [-0.3, -0.25) is 9.69 Å². The largest absolute Gasteiger partial charge is 0.361 e. The molecule has 0 bridgehead atoms. The Morgan fingerprint density at radius 1 is 1.07 bits per heavy atom. The van der Waals surface area contributed by atoms with Crippen LogP contribution in [0.4, 0.5) is 27.6 Å². The number of aromatic amines is 1. The summed E-state index contributed by atoms with van der Waals surface area (Å²) in [6.45, 7) is 4.31. The lowest BCUT2D eigenvalue weighted by atomic mass is 9.92. The third-order valence-electron chi connectivity index (χ3n) is 7.81. The number of H-pyrrole nitrogens is 1. The summed E-state index contributed by atoms with van der Waals surface area (Å²) in [6, 6.07) is 15.4. The minimum Gasteiger partial charge on any atom is -0.361 e. The number of allylic oxidation sites excluding steroid dienone is 1. The molecule has 0 unspecified atom stereocenters. The van der Waals surface area contributed by atoms with E-state index in [1.54, 1.807) is 43.5 Å². The highest BCUT2D eigenvalue weighted by Gasteiger charge is 2.32. The smallest absolute Gasteiger partial charge is 0.319 e. The fourth-order valence-electron chi connectivity index (χ4n) is 5.51. The zero-order valence-corrected chi connectivity index (χ0v) is 22.7. The van der Waals surface area contributed by atoms with Crippen LogP contribution in [0.2, 0.25) is 0 Å². The van der Waals surface area contributed by atoms with Crippen LogP contribution >= 0.6 is 0 Å². The normalized spacial score (nSPS) is 14.6. The lowest BCUT2D eigenvalue weighted by Crippen LogP contribution is -2.41. The van der Waals surface area contributed by atoms with Crippen LogP contribution in [0.25, 0.3) is 22.0 Å². The average molecular weight is 568 g/mol. The van der Waals surface area contributed by atoms with Crippen molar-refractivity contribution in [3.05, 3.63) is 102 Å². The Hall–Kier alpha value is -4.14. The van der Waals surface area contributed by atoms with Crippen LogP contribution in [-0.4, -0.2) is 35.4 Å². The number of anilines is 1. The summed E-state index contributed by atoms with van der Waals surface area (Å²) in [5.74, 6) is -4.51. The summed E-state index contributed by atoms with van der Waals surface area (Å²) >= 11 is 0. The minimum atomic E-state index is -3.02. The second-order valence-electron chi connectivity index (χ2n) is 10.5. The van der Waals surface area contributed by atoms with Gasteiger partial charge in [-0.15, -0.1) is 0 Å². The van der Waals surface area contributed by atoms with Crippen molar-refractivity contribution in [1.82, 2.24) is 9.88 Å². The van der Waals surface area contributed by atoms with Gasteiger partial charge in [-0.2, -0.15) is 8.78 Å². The molecule has 1 aromatic heterocycles. The molecule has 0 radical (unpaired) electrons. The summed E-state index contributed by atoms with van der Waals surface area (Å²) in [5.41, 5.74) is 2.65. The molecule has 2 heterocycles. The molecule has 3 aromatic carbocycles. The van der Waals surface area contributed by atoms with E-state index in [1.165, 1.54) is 35.2 Å².